The molecule has 1 aliphatic heterocycles. The zero-order valence-electron chi connectivity index (χ0n) is 22.2. The first-order chi connectivity index (χ1) is 19.6. The summed E-state index contributed by atoms with van der Waals surface area (Å²) in [6.07, 6.45) is 1.45. The van der Waals surface area contributed by atoms with Crippen LogP contribution in [0.15, 0.2) is 84.3 Å². The Kier molecular flexibility index (Phi) is 9.46. The second-order valence-electron chi connectivity index (χ2n) is 9.49. The largest absolute Gasteiger partial charge is 0.392 e. The van der Waals surface area contributed by atoms with Crippen LogP contribution in [-0.2, 0) is 22.6 Å². The Morgan fingerprint density at radius 2 is 1.80 bits per heavy atom. The molecular weight excluding hydrogens is 526 g/mol. The highest BCUT2D eigenvalue weighted by Crippen LogP contribution is 2.39. The molecule has 1 aliphatic rings. The van der Waals surface area contributed by atoms with E-state index in [1.54, 1.807) is 11.8 Å². The van der Waals surface area contributed by atoms with Gasteiger partial charge in [0.2, 0.25) is 0 Å². The van der Waals surface area contributed by atoms with E-state index in [9.17, 15) is 9.90 Å². The lowest BCUT2D eigenvalue weighted by atomic mass is 9.99. The van der Waals surface area contributed by atoms with Crippen molar-refractivity contribution >= 4 is 17.8 Å². The van der Waals surface area contributed by atoms with E-state index in [-0.39, 0.29) is 24.8 Å². The van der Waals surface area contributed by atoms with Gasteiger partial charge >= 0.3 is 6.03 Å². The van der Waals surface area contributed by atoms with Crippen molar-refractivity contribution in [3.05, 3.63) is 101 Å². The van der Waals surface area contributed by atoms with Gasteiger partial charge in [0.05, 0.1) is 18.8 Å². The third kappa shape index (κ3) is 7.28. The first-order valence-electron chi connectivity index (χ1n) is 13.3. The molecule has 5 rings (SSSR count). The molecule has 0 aliphatic carbocycles. The Labute approximate surface area is 237 Å². The summed E-state index contributed by atoms with van der Waals surface area (Å²) in [6.45, 7) is 2.94. The molecule has 4 aromatic rings. The van der Waals surface area contributed by atoms with Crippen LogP contribution in [-0.4, -0.2) is 44.7 Å². The van der Waals surface area contributed by atoms with Crippen LogP contribution < -0.4 is 10.6 Å². The molecule has 1 fully saturated rings. The van der Waals surface area contributed by atoms with E-state index in [0.29, 0.717) is 25.3 Å². The lowest BCUT2D eigenvalue weighted by Crippen LogP contribution is -2.34. The van der Waals surface area contributed by atoms with Gasteiger partial charge in [-0.05, 0) is 40.8 Å². The highest BCUT2D eigenvalue weighted by atomic mass is 32.2. The fourth-order valence-corrected chi connectivity index (χ4v) is 5.35. The number of aromatic amines is 1. The van der Waals surface area contributed by atoms with Crippen LogP contribution in [0.25, 0.3) is 11.1 Å². The smallest absolute Gasteiger partial charge is 0.315 e. The van der Waals surface area contributed by atoms with Crippen molar-refractivity contribution in [2.75, 3.05) is 12.3 Å². The third-order valence-corrected chi connectivity index (χ3v) is 7.66. The highest BCUT2D eigenvalue weighted by molar-refractivity contribution is 7.99. The SMILES string of the molecule is CCNC(=O)NCc1cccc(-c2ccc([C@H]3O[C@@H](CSc4ncn[nH]4)C[C@@H](c4ccc(CO)cc4)O3)cc2)c1. The number of aromatic nitrogens is 3. The maximum atomic E-state index is 11.8. The Balaban J connectivity index is 1.30. The predicted octanol–water partition coefficient (Wildman–Crippen LogP) is 5.12. The highest BCUT2D eigenvalue weighted by Gasteiger charge is 2.32. The summed E-state index contributed by atoms with van der Waals surface area (Å²) in [5.41, 5.74) is 6.00. The topological polar surface area (TPSA) is 121 Å². The molecule has 40 heavy (non-hydrogen) atoms. The quantitative estimate of drug-likeness (QED) is 0.199. The molecule has 1 saturated heterocycles. The van der Waals surface area contributed by atoms with Crippen LogP contribution in [0, 0.1) is 0 Å². The van der Waals surface area contributed by atoms with E-state index < -0.39 is 6.29 Å². The average Bonchev–Trinajstić information content (AvgIpc) is 3.53. The standard InChI is InChI=1S/C30H33N5O4S/c1-2-31-29(37)32-16-21-4-3-5-25(14-21)22-10-12-24(13-11-22)28-38-26(18-40-30-33-19-34-35-30)15-27(39-28)23-8-6-20(17-36)7-9-23/h3-14,19,26-28,36H,2,15-18H2,1H3,(H2,31,32,37)(H,33,34,35)/t26-,27+,28+/m1/s1. The number of benzene rings is 3. The number of carbonyl (C=O) groups excluding carboxylic acids is 1. The molecule has 9 nitrogen and oxygen atoms in total. The molecular formula is C30H33N5O4S. The summed E-state index contributed by atoms with van der Waals surface area (Å²) in [6, 6.07) is 24.0. The van der Waals surface area contributed by atoms with E-state index in [1.165, 1.54) is 6.33 Å². The fraction of sp³-hybridized carbons (Fsp3) is 0.300. The van der Waals surface area contributed by atoms with E-state index in [0.717, 1.165) is 38.5 Å². The molecule has 0 unspecified atom stereocenters. The predicted molar refractivity (Wildman–Crippen MR) is 153 cm³/mol. The van der Waals surface area contributed by atoms with Crippen molar-refractivity contribution in [1.82, 2.24) is 25.8 Å². The Morgan fingerprint density at radius 3 is 2.52 bits per heavy atom. The van der Waals surface area contributed by atoms with Crippen LogP contribution in [0.5, 0.6) is 0 Å². The number of aliphatic hydroxyl groups is 1. The van der Waals surface area contributed by atoms with Crippen LogP contribution in [0.4, 0.5) is 4.79 Å². The molecule has 0 radical (unpaired) electrons. The lowest BCUT2D eigenvalue weighted by Gasteiger charge is -2.36. The normalized spacial score (nSPS) is 18.8. The molecule has 3 aromatic carbocycles. The monoisotopic (exact) mass is 559 g/mol. The number of hydrogen-bond donors (Lipinski definition) is 4. The Morgan fingerprint density at radius 1 is 1.00 bits per heavy atom. The third-order valence-electron chi connectivity index (χ3n) is 6.65. The maximum Gasteiger partial charge on any atom is 0.315 e. The number of thioether (sulfide) groups is 1. The summed E-state index contributed by atoms with van der Waals surface area (Å²) in [4.78, 5) is 16.0. The van der Waals surface area contributed by atoms with E-state index in [4.69, 9.17) is 9.47 Å². The van der Waals surface area contributed by atoms with E-state index >= 15 is 0 Å². The lowest BCUT2D eigenvalue weighted by molar-refractivity contribution is -0.245. The first kappa shape index (κ1) is 27.9. The van der Waals surface area contributed by atoms with Gasteiger partial charge in [-0.3, -0.25) is 5.10 Å². The molecule has 1 aromatic heterocycles. The summed E-state index contributed by atoms with van der Waals surface area (Å²) >= 11 is 1.57. The number of urea groups is 1. The Bertz CT molecular complexity index is 1370. The number of nitrogens with zero attached hydrogens (tertiary/aromatic N) is 2. The zero-order chi connectivity index (χ0) is 27.7. The van der Waals surface area contributed by atoms with Crippen molar-refractivity contribution in [2.45, 2.75) is 50.2 Å². The van der Waals surface area contributed by atoms with Gasteiger partial charge in [0.25, 0.3) is 0 Å². The minimum absolute atomic E-state index is 0.00788. The van der Waals surface area contributed by atoms with Gasteiger partial charge < -0.3 is 25.2 Å². The van der Waals surface area contributed by atoms with Gasteiger partial charge in [0, 0.05) is 30.8 Å². The maximum absolute atomic E-state index is 11.8. The van der Waals surface area contributed by atoms with Crippen molar-refractivity contribution in [3.63, 3.8) is 0 Å². The number of amides is 2. The molecule has 208 valence electrons. The van der Waals surface area contributed by atoms with Gasteiger partial charge in [0.1, 0.15) is 6.33 Å². The molecule has 2 amide bonds. The van der Waals surface area contributed by atoms with Crippen LogP contribution in [0.3, 0.4) is 0 Å². The second-order valence-corrected chi connectivity index (χ2v) is 10.5. The van der Waals surface area contributed by atoms with Gasteiger partial charge in [-0.15, -0.1) is 0 Å². The van der Waals surface area contributed by atoms with E-state index in [1.807, 2.05) is 55.5 Å². The number of H-pyrrole nitrogens is 1. The number of ether oxygens (including phenoxy) is 2. The molecule has 10 heteroatoms. The van der Waals surface area contributed by atoms with Crippen LogP contribution in [0.1, 0.15) is 48.0 Å². The minimum Gasteiger partial charge on any atom is -0.392 e. The number of hydrogen-bond acceptors (Lipinski definition) is 7. The zero-order valence-corrected chi connectivity index (χ0v) is 23.1. The summed E-state index contributed by atoms with van der Waals surface area (Å²) in [5, 5.41) is 22.6. The molecule has 4 N–H and O–H groups in total. The average molecular weight is 560 g/mol. The number of carbonyl (C=O) groups is 1. The van der Waals surface area contributed by atoms with Gasteiger partial charge in [-0.1, -0.05) is 78.5 Å². The minimum atomic E-state index is -0.529. The summed E-state index contributed by atoms with van der Waals surface area (Å²) in [7, 11) is 0. The summed E-state index contributed by atoms with van der Waals surface area (Å²) in [5.74, 6) is 0.704. The fourth-order valence-electron chi connectivity index (χ4n) is 4.56. The molecule has 0 saturated carbocycles. The van der Waals surface area contributed by atoms with Gasteiger partial charge in [-0.25, -0.2) is 9.78 Å². The van der Waals surface area contributed by atoms with Crippen LogP contribution >= 0.6 is 11.8 Å². The number of nitrogens with one attached hydrogen (secondary N) is 3. The molecule has 2 heterocycles. The molecule has 0 bridgehead atoms. The van der Waals surface area contributed by atoms with Crippen molar-refractivity contribution in [3.8, 4) is 11.1 Å². The first-order valence-corrected chi connectivity index (χ1v) is 14.3. The van der Waals surface area contributed by atoms with Crippen LogP contribution in [0.2, 0.25) is 0 Å². The Hall–Kier alpha value is -3.70. The van der Waals surface area contributed by atoms with E-state index in [2.05, 4.69) is 50.1 Å². The van der Waals surface area contributed by atoms with Gasteiger partial charge in [0.15, 0.2) is 11.4 Å². The summed E-state index contributed by atoms with van der Waals surface area (Å²) < 4.78 is 12.9. The number of rotatable bonds is 10. The van der Waals surface area contributed by atoms with Gasteiger partial charge in [-0.2, -0.15) is 5.10 Å². The molecule has 0 spiro atoms. The van der Waals surface area contributed by atoms with Crippen molar-refractivity contribution < 1.29 is 19.4 Å². The van der Waals surface area contributed by atoms with Crippen molar-refractivity contribution in [2.24, 2.45) is 0 Å². The van der Waals surface area contributed by atoms with Crippen molar-refractivity contribution in [1.29, 1.82) is 0 Å². The second kappa shape index (κ2) is 13.6. The molecule has 3 atom stereocenters. The number of aliphatic hydroxyl groups excluding tert-OH is 1.